The molecule has 1 aliphatic heterocycles. The molecule has 1 saturated heterocycles. The number of nitrogens with zero attached hydrogens (tertiary/aromatic N) is 3. The Kier molecular flexibility index (Phi) is 5.62. The second-order valence-corrected chi connectivity index (χ2v) is 6.67. The van der Waals surface area contributed by atoms with Gasteiger partial charge in [-0.1, -0.05) is 30.3 Å². The van der Waals surface area contributed by atoms with Crippen LogP contribution in [0.5, 0.6) is 5.75 Å². The molecule has 4 rings (SSSR count). The zero-order valence-corrected chi connectivity index (χ0v) is 15.3. The SMILES string of the molecule is FC(F)c1cnn(C2CCCCO2)c1-c1ccc(OCc2ccccc2)cn1. The zero-order valence-electron chi connectivity index (χ0n) is 15.3. The Morgan fingerprint density at radius 3 is 2.64 bits per heavy atom. The molecule has 28 heavy (non-hydrogen) atoms. The first-order valence-corrected chi connectivity index (χ1v) is 9.32. The largest absolute Gasteiger partial charge is 0.487 e. The van der Waals surface area contributed by atoms with Crippen LogP contribution in [-0.4, -0.2) is 21.4 Å². The molecule has 0 saturated carbocycles. The van der Waals surface area contributed by atoms with Gasteiger partial charge in [0.25, 0.3) is 6.43 Å². The molecule has 146 valence electrons. The Morgan fingerprint density at radius 2 is 1.96 bits per heavy atom. The van der Waals surface area contributed by atoms with Crippen molar-refractivity contribution in [1.29, 1.82) is 0 Å². The maximum atomic E-state index is 13.5. The van der Waals surface area contributed by atoms with Gasteiger partial charge in [-0.3, -0.25) is 4.98 Å². The van der Waals surface area contributed by atoms with Gasteiger partial charge in [0, 0.05) is 6.61 Å². The first kappa shape index (κ1) is 18.6. The Balaban J connectivity index is 1.57. The molecule has 1 aromatic carbocycles. The monoisotopic (exact) mass is 385 g/mol. The van der Waals surface area contributed by atoms with Gasteiger partial charge >= 0.3 is 0 Å². The van der Waals surface area contributed by atoms with E-state index in [1.54, 1.807) is 18.3 Å². The minimum Gasteiger partial charge on any atom is -0.487 e. The van der Waals surface area contributed by atoms with Crippen LogP contribution in [0.4, 0.5) is 8.78 Å². The summed E-state index contributed by atoms with van der Waals surface area (Å²) in [5.41, 5.74) is 1.63. The molecule has 0 bridgehead atoms. The molecule has 1 unspecified atom stereocenters. The molecule has 2 aromatic heterocycles. The van der Waals surface area contributed by atoms with Crippen molar-refractivity contribution in [2.24, 2.45) is 0 Å². The molecule has 1 aliphatic rings. The summed E-state index contributed by atoms with van der Waals surface area (Å²) in [6, 6.07) is 13.2. The highest BCUT2D eigenvalue weighted by molar-refractivity contribution is 5.60. The highest BCUT2D eigenvalue weighted by Crippen LogP contribution is 2.35. The normalized spacial score (nSPS) is 17.0. The third-order valence-corrected chi connectivity index (χ3v) is 4.71. The van der Waals surface area contributed by atoms with Crippen molar-refractivity contribution < 1.29 is 18.3 Å². The summed E-state index contributed by atoms with van der Waals surface area (Å²) in [5, 5.41) is 4.18. The number of benzene rings is 1. The van der Waals surface area contributed by atoms with Crippen LogP contribution < -0.4 is 4.74 Å². The molecule has 1 atom stereocenters. The van der Waals surface area contributed by atoms with Gasteiger partial charge in [-0.2, -0.15) is 5.10 Å². The average molecular weight is 385 g/mol. The van der Waals surface area contributed by atoms with Gasteiger partial charge in [-0.15, -0.1) is 0 Å². The maximum Gasteiger partial charge on any atom is 0.267 e. The quantitative estimate of drug-likeness (QED) is 0.588. The lowest BCUT2D eigenvalue weighted by atomic mass is 10.1. The molecule has 3 heterocycles. The van der Waals surface area contributed by atoms with Crippen molar-refractivity contribution in [3.05, 3.63) is 66.0 Å². The second-order valence-electron chi connectivity index (χ2n) is 6.67. The standard InChI is InChI=1S/C21H21F2N3O2/c22-21(23)17-13-25-26(19-8-4-5-11-27-19)20(17)18-10-9-16(12-24-18)28-14-15-6-2-1-3-7-15/h1-3,6-7,9-10,12-13,19,21H,4-5,8,11,14H2. The van der Waals surface area contributed by atoms with E-state index in [-0.39, 0.29) is 11.8 Å². The van der Waals surface area contributed by atoms with E-state index < -0.39 is 6.43 Å². The molecule has 0 amide bonds. The van der Waals surface area contributed by atoms with E-state index in [9.17, 15) is 8.78 Å². The Bertz CT molecular complexity index is 892. The van der Waals surface area contributed by atoms with Crippen molar-refractivity contribution in [3.8, 4) is 17.1 Å². The zero-order chi connectivity index (χ0) is 19.3. The van der Waals surface area contributed by atoms with Crippen LogP contribution in [0.15, 0.2) is 54.9 Å². The number of aromatic nitrogens is 3. The van der Waals surface area contributed by atoms with Crippen LogP contribution in [0.2, 0.25) is 0 Å². The summed E-state index contributed by atoms with van der Waals surface area (Å²) in [4.78, 5) is 4.36. The van der Waals surface area contributed by atoms with Crippen molar-refractivity contribution in [2.75, 3.05) is 6.61 Å². The summed E-state index contributed by atoms with van der Waals surface area (Å²) < 4.78 is 40.1. The van der Waals surface area contributed by atoms with Crippen molar-refractivity contribution >= 4 is 0 Å². The number of alkyl halides is 2. The molecule has 0 N–H and O–H groups in total. The molecule has 5 nitrogen and oxygen atoms in total. The van der Waals surface area contributed by atoms with Gasteiger partial charge in [0.15, 0.2) is 6.23 Å². The van der Waals surface area contributed by atoms with Crippen LogP contribution in [-0.2, 0) is 11.3 Å². The lowest BCUT2D eigenvalue weighted by molar-refractivity contribution is -0.0385. The topological polar surface area (TPSA) is 49.2 Å². The minimum absolute atomic E-state index is 0.139. The average Bonchev–Trinajstić information content (AvgIpc) is 3.19. The van der Waals surface area contributed by atoms with E-state index in [2.05, 4.69) is 10.1 Å². The number of pyridine rings is 1. The van der Waals surface area contributed by atoms with E-state index in [1.807, 2.05) is 30.3 Å². The van der Waals surface area contributed by atoms with Gasteiger partial charge in [-0.05, 0) is 37.0 Å². The molecular weight excluding hydrogens is 364 g/mol. The van der Waals surface area contributed by atoms with Crippen molar-refractivity contribution in [3.63, 3.8) is 0 Å². The predicted octanol–water partition coefficient (Wildman–Crippen LogP) is 5.16. The highest BCUT2D eigenvalue weighted by Gasteiger charge is 2.26. The number of hydrogen-bond acceptors (Lipinski definition) is 4. The van der Waals surface area contributed by atoms with Gasteiger partial charge < -0.3 is 9.47 Å². The van der Waals surface area contributed by atoms with E-state index >= 15 is 0 Å². The molecule has 1 fully saturated rings. The summed E-state index contributed by atoms with van der Waals surface area (Å²) >= 11 is 0. The predicted molar refractivity (Wildman–Crippen MR) is 100 cm³/mol. The Hall–Kier alpha value is -2.80. The summed E-state index contributed by atoms with van der Waals surface area (Å²) in [6.45, 7) is 1.02. The minimum atomic E-state index is -2.64. The van der Waals surface area contributed by atoms with E-state index in [1.165, 1.54) is 10.9 Å². The first-order chi connectivity index (χ1) is 13.7. The fraction of sp³-hybridized carbons (Fsp3) is 0.333. The molecule has 0 aliphatic carbocycles. The van der Waals surface area contributed by atoms with Crippen LogP contribution in [0.1, 0.15) is 43.0 Å². The van der Waals surface area contributed by atoms with Crippen LogP contribution >= 0.6 is 0 Å². The van der Waals surface area contributed by atoms with E-state index in [4.69, 9.17) is 9.47 Å². The molecule has 3 aromatic rings. The van der Waals surface area contributed by atoms with E-state index in [0.29, 0.717) is 30.4 Å². The second kappa shape index (κ2) is 8.48. The number of rotatable bonds is 6. The van der Waals surface area contributed by atoms with Gasteiger partial charge in [0.05, 0.1) is 29.3 Å². The van der Waals surface area contributed by atoms with Gasteiger partial charge in [-0.25, -0.2) is 13.5 Å². The number of halogens is 2. The van der Waals surface area contributed by atoms with Crippen LogP contribution in [0.3, 0.4) is 0 Å². The van der Waals surface area contributed by atoms with Crippen molar-refractivity contribution in [2.45, 2.75) is 38.5 Å². The Labute approximate surface area is 161 Å². The van der Waals surface area contributed by atoms with Crippen LogP contribution in [0, 0.1) is 0 Å². The highest BCUT2D eigenvalue weighted by atomic mass is 19.3. The molecular formula is C21H21F2N3O2. The fourth-order valence-corrected chi connectivity index (χ4v) is 3.28. The summed E-state index contributed by atoms with van der Waals surface area (Å²) in [6.07, 6.45) is 2.48. The number of ether oxygens (including phenoxy) is 2. The fourth-order valence-electron chi connectivity index (χ4n) is 3.28. The lowest BCUT2D eigenvalue weighted by Crippen LogP contribution is -2.20. The molecule has 7 heteroatoms. The van der Waals surface area contributed by atoms with Gasteiger partial charge in [0.2, 0.25) is 0 Å². The Morgan fingerprint density at radius 1 is 1.11 bits per heavy atom. The third kappa shape index (κ3) is 4.04. The summed E-state index contributed by atoms with van der Waals surface area (Å²) in [7, 11) is 0. The summed E-state index contributed by atoms with van der Waals surface area (Å²) in [5.74, 6) is 0.575. The number of hydrogen-bond donors (Lipinski definition) is 0. The van der Waals surface area contributed by atoms with Crippen molar-refractivity contribution in [1.82, 2.24) is 14.8 Å². The lowest BCUT2D eigenvalue weighted by Gasteiger charge is -2.24. The first-order valence-electron chi connectivity index (χ1n) is 9.32. The third-order valence-electron chi connectivity index (χ3n) is 4.71. The molecule has 0 radical (unpaired) electrons. The van der Waals surface area contributed by atoms with Crippen LogP contribution in [0.25, 0.3) is 11.4 Å². The maximum absolute atomic E-state index is 13.5. The smallest absolute Gasteiger partial charge is 0.267 e. The molecule has 0 spiro atoms. The van der Waals surface area contributed by atoms with Gasteiger partial charge in [0.1, 0.15) is 12.4 Å². The van der Waals surface area contributed by atoms with E-state index in [0.717, 1.165) is 24.8 Å².